The lowest BCUT2D eigenvalue weighted by molar-refractivity contribution is 0.413. The highest BCUT2D eigenvalue weighted by Gasteiger charge is 2.06. The van der Waals surface area contributed by atoms with Gasteiger partial charge in [-0.25, -0.2) is 0 Å². The lowest BCUT2D eigenvalue weighted by atomic mass is 10.1. The molecule has 96 valence electrons. The van der Waals surface area contributed by atoms with Crippen molar-refractivity contribution in [3.63, 3.8) is 0 Å². The SMILES string of the molecule is COc1cccc([C@@H](C)NCc2ccc(Br)s2)c1. The minimum Gasteiger partial charge on any atom is -0.497 e. The van der Waals surface area contributed by atoms with Gasteiger partial charge in [-0.05, 0) is 52.7 Å². The zero-order chi connectivity index (χ0) is 13.0. The summed E-state index contributed by atoms with van der Waals surface area (Å²) in [4.78, 5) is 1.33. The summed E-state index contributed by atoms with van der Waals surface area (Å²) >= 11 is 5.24. The molecular weight excluding hydrogens is 310 g/mol. The molecule has 0 bridgehead atoms. The number of thiophene rings is 1. The molecule has 0 saturated carbocycles. The van der Waals surface area contributed by atoms with Gasteiger partial charge in [0.15, 0.2) is 0 Å². The van der Waals surface area contributed by atoms with Crippen LogP contribution >= 0.6 is 27.3 Å². The second-order valence-corrected chi connectivity index (χ2v) is 6.63. The topological polar surface area (TPSA) is 21.3 Å². The molecule has 0 fully saturated rings. The van der Waals surface area contributed by atoms with Gasteiger partial charge < -0.3 is 10.1 Å². The average Bonchev–Trinajstić information content (AvgIpc) is 2.82. The molecule has 0 saturated heterocycles. The van der Waals surface area contributed by atoms with E-state index in [9.17, 15) is 0 Å². The Hall–Kier alpha value is -0.840. The zero-order valence-electron chi connectivity index (χ0n) is 10.4. The highest BCUT2D eigenvalue weighted by atomic mass is 79.9. The van der Waals surface area contributed by atoms with Crippen LogP contribution in [-0.4, -0.2) is 7.11 Å². The summed E-state index contributed by atoms with van der Waals surface area (Å²) in [5.74, 6) is 0.903. The standard InChI is InChI=1S/C14H16BrNOS/c1-10(11-4-3-5-12(8-11)17-2)16-9-13-6-7-14(15)18-13/h3-8,10,16H,9H2,1-2H3/t10-/m1/s1. The van der Waals surface area contributed by atoms with Crippen LogP contribution in [0, 0.1) is 0 Å². The smallest absolute Gasteiger partial charge is 0.119 e. The van der Waals surface area contributed by atoms with E-state index in [4.69, 9.17) is 4.74 Å². The summed E-state index contributed by atoms with van der Waals surface area (Å²) in [7, 11) is 1.69. The first-order valence-corrected chi connectivity index (χ1v) is 7.41. The van der Waals surface area contributed by atoms with E-state index < -0.39 is 0 Å². The van der Waals surface area contributed by atoms with Gasteiger partial charge in [-0.15, -0.1) is 11.3 Å². The minimum atomic E-state index is 0.306. The minimum absolute atomic E-state index is 0.306. The van der Waals surface area contributed by atoms with Crippen molar-refractivity contribution in [3.8, 4) is 5.75 Å². The van der Waals surface area contributed by atoms with Crippen LogP contribution < -0.4 is 10.1 Å². The molecule has 1 heterocycles. The molecule has 4 heteroatoms. The van der Waals surface area contributed by atoms with E-state index in [1.165, 1.54) is 14.2 Å². The average molecular weight is 326 g/mol. The maximum absolute atomic E-state index is 5.24. The summed E-state index contributed by atoms with van der Waals surface area (Å²) in [6.45, 7) is 3.05. The highest BCUT2D eigenvalue weighted by molar-refractivity contribution is 9.11. The van der Waals surface area contributed by atoms with Crippen molar-refractivity contribution in [1.82, 2.24) is 5.32 Å². The van der Waals surface area contributed by atoms with Crippen LogP contribution in [0.1, 0.15) is 23.4 Å². The molecular formula is C14H16BrNOS. The van der Waals surface area contributed by atoms with Gasteiger partial charge in [-0.2, -0.15) is 0 Å². The first kappa shape index (κ1) is 13.6. The Morgan fingerprint density at radius 1 is 1.33 bits per heavy atom. The summed E-state index contributed by atoms with van der Waals surface area (Å²) in [5, 5.41) is 3.51. The van der Waals surface area contributed by atoms with Gasteiger partial charge >= 0.3 is 0 Å². The number of nitrogens with one attached hydrogen (secondary N) is 1. The normalized spacial score (nSPS) is 12.4. The van der Waals surface area contributed by atoms with E-state index in [0.717, 1.165) is 12.3 Å². The van der Waals surface area contributed by atoms with E-state index in [1.807, 2.05) is 12.1 Å². The van der Waals surface area contributed by atoms with Crippen LogP contribution in [-0.2, 0) is 6.54 Å². The predicted octanol–water partition coefficient (Wildman–Crippen LogP) is 4.37. The van der Waals surface area contributed by atoms with Gasteiger partial charge in [-0.1, -0.05) is 12.1 Å². The molecule has 1 N–H and O–H groups in total. The molecule has 0 unspecified atom stereocenters. The Bertz CT molecular complexity index is 512. The summed E-state index contributed by atoms with van der Waals surface area (Å²) in [6.07, 6.45) is 0. The van der Waals surface area contributed by atoms with Crippen molar-refractivity contribution in [2.45, 2.75) is 19.5 Å². The number of ether oxygens (including phenoxy) is 1. The Morgan fingerprint density at radius 2 is 2.17 bits per heavy atom. The number of rotatable bonds is 5. The van der Waals surface area contributed by atoms with Crippen LogP contribution in [0.2, 0.25) is 0 Å². The molecule has 2 aromatic rings. The number of hydrogen-bond acceptors (Lipinski definition) is 3. The van der Waals surface area contributed by atoms with Crippen LogP contribution in [0.5, 0.6) is 5.75 Å². The molecule has 1 aromatic heterocycles. The molecule has 0 aliphatic rings. The van der Waals surface area contributed by atoms with Crippen LogP contribution in [0.15, 0.2) is 40.2 Å². The molecule has 0 radical (unpaired) electrons. The maximum Gasteiger partial charge on any atom is 0.119 e. The number of methoxy groups -OCH3 is 1. The van der Waals surface area contributed by atoms with E-state index in [1.54, 1.807) is 18.4 Å². The number of hydrogen-bond donors (Lipinski definition) is 1. The van der Waals surface area contributed by atoms with E-state index in [0.29, 0.717) is 6.04 Å². The Kier molecular flexibility index (Phi) is 4.80. The van der Waals surface area contributed by atoms with E-state index in [2.05, 4.69) is 52.4 Å². The zero-order valence-corrected chi connectivity index (χ0v) is 12.8. The monoisotopic (exact) mass is 325 g/mol. The Morgan fingerprint density at radius 3 is 2.83 bits per heavy atom. The quantitative estimate of drug-likeness (QED) is 0.881. The van der Waals surface area contributed by atoms with Crippen molar-refractivity contribution >= 4 is 27.3 Å². The Labute approximate surface area is 120 Å². The lowest BCUT2D eigenvalue weighted by Gasteiger charge is -2.14. The highest BCUT2D eigenvalue weighted by Crippen LogP contribution is 2.23. The fourth-order valence-corrected chi connectivity index (χ4v) is 3.16. The third kappa shape index (κ3) is 3.57. The fraction of sp³-hybridized carbons (Fsp3) is 0.286. The van der Waals surface area contributed by atoms with Crippen LogP contribution in [0.4, 0.5) is 0 Å². The fourth-order valence-electron chi connectivity index (χ4n) is 1.73. The summed E-state index contributed by atoms with van der Waals surface area (Å²) < 4.78 is 6.41. The molecule has 2 nitrogen and oxygen atoms in total. The van der Waals surface area contributed by atoms with Crippen molar-refractivity contribution in [2.75, 3.05) is 7.11 Å². The van der Waals surface area contributed by atoms with Gasteiger partial charge in [0.25, 0.3) is 0 Å². The summed E-state index contributed by atoms with van der Waals surface area (Å²) in [5.41, 5.74) is 1.24. The van der Waals surface area contributed by atoms with E-state index >= 15 is 0 Å². The first-order chi connectivity index (χ1) is 8.69. The van der Waals surface area contributed by atoms with Crippen molar-refractivity contribution in [1.29, 1.82) is 0 Å². The van der Waals surface area contributed by atoms with Crippen molar-refractivity contribution < 1.29 is 4.74 Å². The Balaban J connectivity index is 1.96. The van der Waals surface area contributed by atoms with E-state index in [-0.39, 0.29) is 0 Å². The molecule has 1 atom stereocenters. The molecule has 2 rings (SSSR count). The van der Waals surface area contributed by atoms with Crippen molar-refractivity contribution in [2.24, 2.45) is 0 Å². The number of benzene rings is 1. The van der Waals surface area contributed by atoms with Crippen molar-refractivity contribution in [3.05, 3.63) is 50.6 Å². The van der Waals surface area contributed by atoms with Crippen LogP contribution in [0.25, 0.3) is 0 Å². The summed E-state index contributed by atoms with van der Waals surface area (Å²) in [6, 6.07) is 12.7. The molecule has 0 amide bonds. The largest absolute Gasteiger partial charge is 0.497 e. The van der Waals surface area contributed by atoms with Crippen LogP contribution in [0.3, 0.4) is 0 Å². The maximum atomic E-state index is 5.24. The molecule has 1 aromatic carbocycles. The third-order valence-electron chi connectivity index (χ3n) is 2.81. The third-order valence-corrected chi connectivity index (χ3v) is 4.43. The first-order valence-electron chi connectivity index (χ1n) is 5.80. The molecule has 0 aliphatic heterocycles. The second kappa shape index (κ2) is 6.36. The van der Waals surface area contributed by atoms with Gasteiger partial charge in [0.2, 0.25) is 0 Å². The molecule has 18 heavy (non-hydrogen) atoms. The van der Waals surface area contributed by atoms with Gasteiger partial charge in [0, 0.05) is 17.5 Å². The van der Waals surface area contributed by atoms with Gasteiger partial charge in [-0.3, -0.25) is 0 Å². The predicted molar refractivity (Wildman–Crippen MR) is 80.3 cm³/mol. The lowest BCUT2D eigenvalue weighted by Crippen LogP contribution is -2.17. The second-order valence-electron chi connectivity index (χ2n) is 4.09. The van der Waals surface area contributed by atoms with Gasteiger partial charge in [0.1, 0.15) is 5.75 Å². The molecule has 0 aliphatic carbocycles. The number of halogens is 1. The molecule has 0 spiro atoms. The van der Waals surface area contributed by atoms with Gasteiger partial charge in [0.05, 0.1) is 10.9 Å².